The van der Waals surface area contributed by atoms with Gasteiger partial charge in [-0.05, 0) is 68.1 Å². The lowest BCUT2D eigenvalue weighted by atomic mass is 9.73. The number of halogens is 5. The Bertz CT molecular complexity index is 1140. The third kappa shape index (κ3) is 6.48. The smallest absolute Gasteiger partial charge is 0.334 e. The highest BCUT2D eigenvalue weighted by molar-refractivity contribution is 9.10. The first-order chi connectivity index (χ1) is 16.7. The number of aryl methyl sites for hydroxylation is 1. The number of rotatable bonds is 9. The number of alkyl halides is 3. The number of aromatic nitrogens is 2. The molecule has 1 amide bonds. The van der Waals surface area contributed by atoms with Crippen molar-refractivity contribution in [3.63, 3.8) is 0 Å². The summed E-state index contributed by atoms with van der Waals surface area (Å²) in [5, 5.41) is 3.96. The molecule has 10 heteroatoms. The van der Waals surface area contributed by atoms with Crippen LogP contribution in [0.5, 0.6) is 0 Å². The molecule has 35 heavy (non-hydrogen) atoms. The molecule has 0 saturated heterocycles. The highest BCUT2D eigenvalue weighted by Gasteiger charge is 2.50. The van der Waals surface area contributed by atoms with E-state index in [1.54, 1.807) is 35.2 Å². The standard InChI is InChI=1S/C25H24BrF4N3O2/c26-19-5-4-6-21(15-19)33(24(34)17-13-18(14-17)25(28,29)30)12-3-1-2-7-22-31-23(35-32-22)16-8-10-20(27)11-9-16/h4-6,8-11,15,17-18H,1-3,7,12-14H2/t17-,18-. The van der Waals surface area contributed by atoms with Crippen molar-refractivity contribution in [1.29, 1.82) is 0 Å². The summed E-state index contributed by atoms with van der Waals surface area (Å²) >= 11 is 3.40. The summed E-state index contributed by atoms with van der Waals surface area (Å²) in [6.07, 6.45) is -1.77. The van der Waals surface area contributed by atoms with Crippen molar-refractivity contribution < 1.29 is 26.9 Å². The number of anilines is 1. The monoisotopic (exact) mass is 553 g/mol. The van der Waals surface area contributed by atoms with E-state index in [4.69, 9.17) is 4.52 Å². The number of hydrogen-bond donors (Lipinski definition) is 0. The van der Waals surface area contributed by atoms with E-state index in [1.807, 2.05) is 6.07 Å². The zero-order valence-electron chi connectivity index (χ0n) is 18.8. The van der Waals surface area contributed by atoms with Gasteiger partial charge in [-0.1, -0.05) is 33.6 Å². The number of hydrogen-bond acceptors (Lipinski definition) is 4. The van der Waals surface area contributed by atoms with Crippen LogP contribution in [0.25, 0.3) is 11.5 Å². The van der Waals surface area contributed by atoms with Crippen molar-refractivity contribution >= 4 is 27.5 Å². The van der Waals surface area contributed by atoms with Crippen molar-refractivity contribution in [2.75, 3.05) is 11.4 Å². The molecule has 0 atom stereocenters. The minimum Gasteiger partial charge on any atom is -0.334 e. The highest BCUT2D eigenvalue weighted by Crippen LogP contribution is 2.45. The van der Waals surface area contributed by atoms with Gasteiger partial charge in [0.2, 0.25) is 5.91 Å². The Balaban J connectivity index is 1.30. The summed E-state index contributed by atoms with van der Waals surface area (Å²) < 4.78 is 57.8. The molecule has 3 aromatic rings. The zero-order valence-corrected chi connectivity index (χ0v) is 20.4. The average Bonchev–Trinajstić information content (AvgIpc) is 3.23. The number of carbonyl (C=O) groups is 1. The highest BCUT2D eigenvalue weighted by atomic mass is 79.9. The molecule has 0 spiro atoms. The minimum atomic E-state index is -4.25. The maximum atomic E-state index is 13.1. The molecule has 0 radical (unpaired) electrons. The Kier molecular flexibility index (Phi) is 7.88. The maximum absolute atomic E-state index is 13.1. The number of amides is 1. The summed E-state index contributed by atoms with van der Waals surface area (Å²) in [5.41, 5.74) is 1.30. The van der Waals surface area contributed by atoms with Crippen molar-refractivity contribution in [3.8, 4) is 11.5 Å². The second-order valence-corrected chi connectivity index (χ2v) is 9.63. The van der Waals surface area contributed by atoms with Crippen LogP contribution in [-0.2, 0) is 11.2 Å². The second-order valence-electron chi connectivity index (χ2n) is 8.71. The first-order valence-corrected chi connectivity index (χ1v) is 12.2. The lowest BCUT2D eigenvalue weighted by Crippen LogP contribution is -2.46. The molecule has 4 rings (SSSR count). The molecule has 1 heterocycles. The first kappa shape index (κ1) is 25.3. The number of unbranched alkanes of at least 4 members (excludes halogenated alkanes) is 2. The SMILES string of the molecule is O=C([C@H]1C[C@H](C(F)(F)F)C1)N(CCCCCc1noc(-c2ccc(F)cc2)n1)c1cccc(Br)c1. The number of carbonyl (C=O) groups excluding carboxylic acids is 1. The van der Waals surface area contributed by atoms with Crippen LogP contribution in [0.15, 0.2) is 57.5 Å². The molecule has 0 bridgehead atoms. The van der Waals surface area contributed by atoms with Crippen molar-refractivity contribution in [3.05, 3.63) is 64.6 Å². The predicted octanol–water partition coefficient (Wildman–Crippen LogP) is 6.97. The Labute approximate surface area is 208 Å². The molecule has 1 aliphatic rings. The Morgan fingerprint density at radius 3 is 2.51 bits per heavy atom. The predicted molar refractivity (Wildman–Crippen MR) is 126 cm³/mol. The van der Waals surface area contributed by atoms with Crippen molar-refractivity contribution in [1.82, 2.24) is 10.1 Å². The maximum Gasteiger partial charge on any atom is 0.391 e. The Morgan fingerprint density at radius 1 is 1.09 bits per heavy atom. The molecule has 5 nitrogen and oxygen atoms in total. The average molecular weight is 554 g/mol. The molecule has 1 fully saturated rings. The van der Waals surface area contributed by atoms with Crippen molar-refractivity contribution in [2.45, 2.75) is 44.7 Å². The lowest BCUT2D eigenvalue weighted by Gasteiger charge is -2.38. The van der Waals surface area contributed by atoms with Crippen LogP contribution in [0.4, 0.5) is 23.2 Å². The molecule has 1 aliphatic carbocycles. The summed E-state index contributed by atoms with van der Waals surface area (Å²) in [6, 6.07) is 13.0. The van der Waals surface area contributed by atoms with Crippen LogP contribution in [0, 0.1) is 17.7 Å². The minimum absolute atomic E-state index is 0.152. The van der Waals surface area contributed by atoms with Gasteiger partial charge in [0, 0.05) is 34.6 Å². The van der Waals surface area contributed by atoms with Gasteiger partial charge in [-0.2, -0.15) is 18.2 Å². The van der Waals surface area contributed by atoms with Gasteiger partial charge in [0.25, 0.3) is 5.89 Å². The lowest BCUT2D eigenvalue weighted by molar-refractivity contribution is -0.204. The fourth-order valence-electron chi connectivity index (χ4n) is 4.11. The molecular formula is C25H24BrF4N3O2. The molecule has 0 N–H and O–H groups in total. The largest absolute Gasteiger partial charge is 0.391 e. The third-order valence-corrected chi connectivity index (χ3v) is 6.67. The van der Waals surface area contributed by atoms with Crippen LogP contribution in [0.2, 0.25) is 0 Å². The fourth-order valence-corrected chi connectivity index (χ4v) is 4.50. The van der Waals surface area contributed by atoms with Gasteiger partial charge >= 0.3 is 6.18 Å². The van der Waals surface area contributed by atoms with Crippen LogP contribution in [-0.4, -0.2) is 28.8 Å². The van der Waals surface area contributed by atoms with Crippen molar-refractivity contribution in [2.24, 2.45) is 11.8 Å². The van der Waals surface area contributed by atoms with E-state index >= 15 is 0 Å². The van der Waals surface area contributed by atoms with Crippen LogP contribution in [0.1, 0.15) is 37.9 Å². The molecule has 0 aliphatic heterocycles. The number of nitrogens with zero attached hydrogens (tertiary/aromatic N) is 3. The van der Waals surface area contributed by atoms with Crippen LogP contribution >= 0.6 is 15.9 Å². The summed E-state index contributed by atoms with van der Waals surface area (Å²) in [5.74, 6) is -1.74. The van der Waals surface area contributed by atoms with Gasteiger partial charge in [-0.3, -0.25) is 4.79 Å². The second kappa shape index (κ2) is 10.9. The zero-order chi connectivity index (χ0) is 25.0. The van der Waals surface area contributed by atoms with Gasteiger partial charge in [0.15, 0.2) is 5.82 Å². The van der Waals surface area contributed by atoms with E-state index < -0.39 is 18.0 Å². The topological polar surface area (TPSA) is 59.2 Å². The van der Waals surface area contributed by atoms with E-state index in [9.17, 15) is 22.4 Å². The van der Waals surface area contributed by atoms with Gasteiger partial charge < -0.3 is 9.42 Å². The van der Waals surface area contributed by atoms with Gasteiger partial charge in [-0.25, -0.2) is 4.39 Å². The Morgan fingerprint density at radius 2 is 1.83 bits per heavy atom. The van der Waals surface area contributed by atoms with E-state index in [2.05, 4.69) is 26.1 Å². The summed E-state index contributed by atoms with van der Waals surface area (Å²) in [7, 11) is 0. The van der Waals surface area contributed by atoms with E-state index in [0.717, 1.165) is 17.3 Å². The normalized spacial score (nSPS) is 17.7. The Hall–Kier alpha value is -2.75. The quantitative estimate of drug-likeness (QED) is 0.212. The molecule has 1 aromatic heterocycles. The van der Waals surface area contributed by atoms with E-state index in [-0.39, 0.29) is 24.6 Å². The van der Waals surface area contributed by atoms with Gasteiger partial charge in [-0.15, -0.1) is 0 Å². The van der Waals surface area contributed by atoms with Crippen LogP contribution in [0.3, 0.4) is 0 Å². The molecule has 1 saturated carbocycles. The molecule has 0 unspecified atom stereocenters. The third-order valence-electron chi connectivity index (χ3n) is 6.18. The van der Waals surface area contributed by atoms with E-state index in [0.29, 0.717) is 42.4 Å². The van der Waals surface area contributed by atoms with Crippen LogP contribution < -0.4 is 4.90 Å². The van der Waals surface area contributed by atoms with Gasteiger partial charge in [0.1, 0.15) is 5.82 Å². The number of benzene rings is 2. The first-order valence-electron chi connectivity index (χ1n) is 11.4. The molecular weight excluding hydrogens is 530 g/mol. The fraction of sp³-hybridized carbons (Fsp3) is 0.400. The molecule has 2 aromatic carbocycles. The summed E-state index contributed by atoms with van der Waals surface area (Å²) in [6.45, 7) is 0.412. The van der Waals surface area contributed by atoms with E-state index in [1.165, 1.54) is 12.1 Å². The molecule has 186 valence electrons. The summed E-state index contributed by atoms with van der Waals surface area (Å²) in [4.78, 5) is 19.0. The van der Waals surface area contributed by atoms with Gasteiger partial charge in [0.05, 0.1) is 5.92 Å².